The molecule has 3 aliphatic heterocycles. The zero-order valence-electron chi connectivity index (χ0n) is 27.9. The molecule has 3 amide bonds. The van der Waals surface area contributed by atoms with Crippen molar-refractivity contribution in [2.45, 2.75) is 73.9 Å². The van der Waals surface area contributed by atoms with Gasteiger partial charge in [-0.3, -0.25) is 19.2 Å². The van der Waals surface area contributed by atoms with E-state index in [1.165, 1.54) is 9.80 Å². The number of amides is 3. The number of alkyl halides is 1. The Morgan fingerprint density at radius 2 is 1.82 bits per heavy atom. The molecule has 0 radical (unpaired) electrons. The predicted molar refractivity (Wildman–Crippen MR) is 190 cm³/mol. The van der Waals surface area contributed by atoms with Gasteiger partial charge in [-0.2, -0.15) is 0 Å². The number of esters is 1. The molecular formula is C37H43BrClN3O7. The lowest BCUT2D eigenvalue weighted by Crippen LogP contribution is -2.58. The standard InChI is InChI=1S/C37H43BrClN3O7/c1-6-8-18-28(44)40(5)23(4)31(24-14-10-9-11-15-24)48-36(47)29-30-34(45)42(22(3)21-43)33(37(30)20-25(38)32(29)49-37)35(46)41(19-7-2)27-17-13-12-16-26(27)39/h6-7,9-17,22-23,25,29-33,43H,1-2,8,18-21H2,3-5H3/t22-,23+,25?,29-,30+,31-,32-,33-,37+/m1/s1. The molecule has 2 aromatic rings. The van der Waals surface area contributed by atoms with Gasteiger partial charge in [0.15, 0.2) is 0 Å². The first-order valence-corrected chi connectivity index (χ1v) is 17.8. The van der Waals surface area contributed by atoms with Gasteiger partial charge in [-0.25, -0.2) is 0 Å². The van der Waals surface area contributed by atoms with Crippen molar-refractivity contribution >= 4 is 56.9 Å². The highest BCUT2D eigenvalue weighted by molar-refractivity contribution is 9.09. The molecule has 3 heterocycles. The van der Waals surface area contributed by atoms with Crippen LogP contribution in [0.25, 0.3) is 0 Å². The largest absolute Gasteiger partial charge is 0.455 e. The zero-order valence-corrected chi connectivity index (χ0v) is 30.3. The number of likely N-dealkylation sites (tertiary alicyclic amines) is 1. The molecule has 9 atom stereocenters. The molecule has 0 aromatic heterocycles. The summed E-state index contributed by atoms with van der Waals surface area (Å²) < 4.78 is 13.0. The molecule has 5 rings (SSSR count). The van der Waals surface area contributed by atoms with Gasteiger partial charge in [0.1, 0.15) is 17.7 Å². The number of nitrogens with zero attached hydrogens (tertiary/aromatic N) is 3. The fraction of sp³-hybridized carbons (Fsp3) is 0.459. The van der Waals surface area contributed by atoms with E-state index in [1.807, 2.05) is 37.3 Å². The summed E-state index contributed by atoms with van der Waals surface area (Å²) in [5, 5.41) is 10.6. The monoisotopic (exact) mass is 755 g/mol. The van der Waals surface area contributed by atoms with E-state index in [-0.39, 0.29) is 30.1 Å². The van der Waals surface area contributed by atoms with E-state index in [4.69, 9.17) is 21.1 Å². The molecule has 262 valence electrons. The van der Waals surface area contributed by atoms with Crippen LogP contribution >= 0.6 is 27.5 Å². The number of anilines is 1. The number of hydrogen-bond acceptors (Lipinski definition) is 7. The number of rotatable bonds is 14. The summed E-state index contributed by atoms with van der Waals surface area (Å²) in [6, 6.07) is 13.5. The van der Waals surface area contributed by atoms with Crippen molar-refractivity contribution in [3.63, 3.8) is 0 Å². The summed E-state index contributed by atoms with van der Waals surface area (Å²) in [4.78, 5) is 60.7. The van der Waals surface area contributed by atoms with E-state index in [1.54, 1.807) is 55.3 Å². The molecule has 3 fully saturated rings. The van der Waals surface area contributed by atoms with Crippen LogP contribution in [-0.2, 0) is 28.7 Å². The Bertz CT molecular complexity index is 1590. The number of carbonyl (C=O) groups excluding carboxylic acids is 4. The lowest BCUT2D eigenvalue weighted by molar-refractivity contribution is -0.165. The molecule has 2 aromatic carbocycles. The Kier molecular flexibility index (Phi) is 11.4. The van der Waals surface area contributed by atoms with Crippen LogP contribution in [0.15, 0.2) is 79.9 Å². The molecule has 2 bridgehead atoms. The van der Waals surface area contributed by atoms with Crippen LogP contribution in [0.1, 0.15) is 44.8 Å². The normalized spacial score (nSPS) is 27.2. The minimum absolute atomic E-state index is 0.0949. The van der Waals surface area contributed by atoms with Crippen molar-refractivity contribution in [3.8, 4) is 0 Å². The second kappa shape index (κ2) is 15.2. The number of para-hydroxylation sites is 1. The number of hydrogen-bond donors (Lipinski definition) is 1. The van der Waals surface area contributed by atoms with Crippen molar-refractivity contribution < 1.29 is 33.8 Å². The zero-order chi connectivity index (χ0) is 35.6. The molecular weight excluding hydrogens is 714 g/mol. The quantitative estimate of drug-likeness (QED) is 0.162. The summed E-state index contributed by atoms with van der Waals surface area (Å²) in [6.07, 6.45) is 2.65. The van der Waals surface area contributed by atoms with E-state index in [9.17, 15) is 24.3 Å². The van der Waals surface area contributed by atoms with Gasteiger partial charge in [0, 0.05) is 24.8 Å². The number of ether oxygens (including phenoxy) is 2. The summed E-state index contributed by atoms with van der Waals surface area (Å²) in [6.45, 7) is 10.7. The number of carbonyl (C=O) groups is 4. The number of likely N-dealkylation sites (N-methyl/N-ethyl adjacent to an activating group) is 1. The van der Waals surface area contributed by atoms with E-state index < -0.39 is 72.2 Å². The van der Waals surface area contributed by atoms with Crippen LogP contribution in [0.3, 0.4) is 0 Å². The van der Waals surface area contributed by atoms with Crippen LogP contribution in [0, 0.1) is 11.8 Å². The van der Waals surface area contributed by atoms with E-state index in [0.717, 1.165) is 0 Å². The molecule has 1 N–H and O–H groups in total. The Morgan fingerprint density at radius 1 is 1.14 bits per heavy atom. The Balaban J connectivity index is 1.53. The van der Waals surface area contributed by atoms with Gasteiger partial charge < -0.3 is 29.3 Å². The molecule has 0 aliphatic carbocycles. The average Bonchev–Trinajstić information content (AvgIpc) is 3.71. The maximum absolute atomic E-state index is 14.7. The van der Waals surface area contributed by atoms with E-state index in [0.29, 0.717) is 22.7 Å². The maximum atomic E-state index is 14.7. The number of halogens is 2. The highest BCUT2D eigenvalue weighted by Crippen LogP contribution is 2.61. The van der Waals surface area contributed by atoms with Gasteiger partial charge in [-0.15, -0.1) is 13.2 Å². The molecule has 49 heavy (non-hydrogen) atoms. The average molecular weight is 757 g/mol. The SMILES string of the molecule is C=CCCC(=O)N(C)[C@@H](C)[C@@H](OC(=O)[C@H]1[C@@H]2O[C@@]3(CC2Br)[C@@H]1C(=O)N([C@H](C)CO)[C@@H]3C(=O)N(CC=C)c1ccccc1Cl)c1ccccc1. The second-order valence-corrected chi connectivity index (χ2v) is 14.6. The first-order chi connectivity index (χ1) is 23.4. The van der Waals surface area contributed by atoms with E-state index in [2.05, 4.69) is 29.1 Å². The van der Waals surface area contributed by atoms with Crippen molar-refractivity contribution in [3.05, 3.63) is 90.5 Å². The number of aliphatic hydroxyl groups excluding tert-OH is 1. The minimum Gasteiger partial charge on any atom is -0.455 e. The summed E-state index contributed by atoms with van der Waals surface area (Å²) in [5.41, 5.74) is -0.281. The molecule has 0 saturated carbocycles. The summed E-state index contributed by atoms with van der Waals surface area (Å²) in [7, 11) is 1.67. The molecule has 12 heteroatoms. The smallest absolute Gasteiger partial charge is 0.313 e. The predicted octanol–water partition coefficient (Wildman–Crippen LogP) is 5.09. The van der Waals surface area contributed by atoms with Crippen molar-refractivity contribution in [1.82, 2.24) is 9.80 Å². The maximum Gasteiger partial charge on any atom is 0.313 e. The number of benzene rings is 2. The van der Waals surface area contributed by atoms with Gasteiger partial charge >= 0.3 is 5.97 Å². The van der Waals surface area contributed by atoms with Gasteiger partial charge in [-0.1, -0.05) is 82.1 Å². The van der Waals surface area contributed by atoms with Crippen LogP contribution < -0.4 is 4.90 Å². The number of aliphatic hydroxyl groups is 1. The van der Waals surface area contributed by atoms with Crippen molar-refractivity contribution in [2.75, 3.05) is 25.1 Å². The van der Waals surface area contributed by atoms with Crippen LogP contribution in [0.5, 0.6) is 0 Å². The topological polar surface area (TPSA) is 117 Å². The van der Waals surface area contributed by atoms with Crippen molar-refractivity contribution in [2.24, 2.45) is 11.8 Å². The number of allylic oxidation sites excluding steroid dienone is 1. The van der Waals surface area contributed by atoms with Gasteiger partial charge in [0.25, 0.3) is 5.91 Å². The second-order valence-electron chi connectivity index (χ2n) is 13.0. The van der Waals surface area contributed by atoms with Crippen LogP contribution in [0.4, 0.5) is 5.69 Å². The third-order valence-corrected chi connectivity index (χ3v) is 11.2. The lowest BCUT2D eigenvalue weighted by atomic mass is 9.70. The molecule has 3 saturated heterocycles. The third-order valence-electron chi connectivity index (χ3n) is 10.1. The Morgan fingerprint density at radius 3 is 2.45 bits per heavy atom. The molecule has 1 spiro atoms. The Hall–Kier alpha value is -3.51. The highest BCUT2D eigenvalue weighted by atomic mass is 79.9. The Labute approximate surface area is 300 Å². The van der Waals surface area contributed by atoms with Gasteiger partial charge in [0.05, 0.1) is 47.3 Å². The minimum atomic E-state index is -1.40. The van der Waals surface area contributed by atoms with Gasteiger partial charge in [0.2, 0.25) is 11.8 Å². The summed E-state index contributed by atoms with van der Waals surface area (Å²) >= 11 is 10.3. The van der Waals surface area contributed by atoms with Crippen molar-refractivity contribution in [1.29, 1.82) is 0 Å². The highest BCUT2D eigenvalue weighted by Gasteiger charge is 2.77. The summed E-state index contributed by atoms with van der Waals surface area (Å²) in [5.74, 6) is -3.85. The number of fused-ring (bicyclic) bond motifs is 1. The fourth-order valence-electron chi connectivity index (χ4n) is 7.56. The molecule has 1 unspecified atom stereocenters. The lowest BCUT2D eigenvalue weighted by Gasteiger charge is -2.38. The van der Waals surface area contributed by atoms with E-state index >= 15 is 0 Å². The first-order valence-electron chi connectivity index (χ1n) is 16.5. The fourth-order valence-corrected chi connectivity index (χ4v) is 8.74. The van der Waals surface area contributed by atoms with Crippen LogP contribution in [0.2, 0.25) is 5.02 Å². The molecule has 10 nitrogen and oxygen atoms in total. The molecule has 3 aliphatic rings. The first kappa shape index (κ1) is 36.8. The third kappa shape index (κ3) is 6.58. The van der Waals surface area contributed by atoms with Gasteiger partial charge in [-0.05, 0) is 44.4 Å². The van der Waals surface area contributed by atoms with Crippen LogP contribution in [-0.4, -0.2) is 93.5 Å².